The monoisotopic (exact) mass is 339 g/mol. The molecule has 1 fully saturated rings. The van der Waals surface area contributed by atoms with E-state index in [2.05, 4.69) is 22.3 Å². The summed E-state index contributed by atoms with van der Waals surface area (Å²) < 4.78 is 5.72. The van der Waals surface area contributed by atoms with E-state index in [9.17, 15) is 4.79 Å². The van der Waals surface area contributed by atoms with Gasteiger partial charge in [0.2, 0.25) is 5.91 Å². The van der Waals surface area contributed by atoms with Crippen molar-refractivity contribution in [3.63, 3.8) is 0 Å². The third-order valence-electron chi connectivity index (χ3n) is 5.42. The first kappa shape index (κ1) is 16.2. The standard InChI is InChI=1S/C20H25N3O2/c1-14-11-18(22-21-14)16-5-4-9-23(13-16)20(24)12-15-8-10-25-19-7-3-2-6-17(15)19/h2-3,6-7,11,15-16H,4-5,8-10,12-13H2,1H3,(H,21,22)/t15-,16-/m1/s1. The van der Waals surface area contributed by atoms with Crippen LogP contribution < -0.4 is 4.74 Å². The largest absolute Gasteiger partial charge is 0.493 e. The minimum Gasteiger partial charge on any atom is -0.493 e. The van der Waals surface area contributed by atoms with Crippen LogP contribution in [0.3, 0.4) is 0 Å². The minimum atomic E-state index is 0.263. The van der Waals surface area contributed by atoms with E-state index in [0.29, 0.717) is 18.9 Å². The molecule has 3 heterocycles. The van der Waals surface area contributed by atoms with Crippen LogP contribution in [0.1, 0.15) is 54.5 Å². The van der Waals surface area contributed by atoms with E-state index >= 15 is 0 Å². The van der Waals surface area contributed by atoms with E-state index < -0.39 is 0 Å². The van der Waals surface area contributed by atoms with Crippen LogP contribution in [0.4, 0.5) is 0 Å². The molecule has 2 aliphatic heterocycles. The van der Waals surface area contributed by atoms with Crippen molar-refractivity contribution in [1.82, 2.24) is 15.1 Å². The van der Waals surface area contributed by atoms with Gasteiger partial charge in [-0.3, -0.25) is 9.89 Å². The number of ether oxygens (including phenoxy) is 1. The van der Waals surface area contributed by atoms with Crippen LogP contribution in [0.2, 0.25) is 0 Å². The number of carbonyl (C=O) groups excluding carboxylic acids is 1. The molecule has 0 saturated carbocycles. The minimum absolute atomic E-state index is 0.263. The lowest BCUT2D eigenvalue weighted by molar-refractivity contribution is -0.133. The Morgan fingerprint density at radius 3 is 3.08 bits per heavy atom. The maximum atomic E-state index is 12.9. The lowest BCUT2D eigenvalue weighted by atomic mass is 9.89. The number of piperidine rings is 1. The molecule has 2 aliphatic rings. The molecule has 5 nitrogen and oxygen atoms in total. The van der Waals surface area contributed by atoms with E-state index in [0.717, 1.165) is 49.5 Å². The Morgan fingerprint density at radius 2 is 2.24 bits per heavy atom. The molecule has 2 atom stereocenters. The number of aryl methyl sites for hydroxylation is 1. The van der Waals surface area contributed by atoms with Crippen molar-refractivity contribution >= 4 is 5.91 Å². The van der Waals surface area contributed by atoms with Crippen molar-refractivity contribution in [3.8, 4) is 5.75 Å². The predicted octanol–water partition coefficient (Wildman–Crippen LogP) is 3.38. The van der Waals surface area contributed by atoms with Gasteiger partial charge in [-0.2, -0.15) is 5.10 Å². The lowest BCUT2D eigenvalue weighted by Crippen LogP contribution is -2.40. The number of hydrogen-bond acceptors (Lipinski definition) is 3. The van der Waals surface area contributed by atoms with Crippen LogP contribution in [0, 0.1) is 6.92 Å². The molecule has 4 rings (SSSR count). The molecule has 0 radical (unpaired) electrons. The van der Waals surface area contributed by atoms with E-state index in [1.54, 1.807) is 0 Å². The van der Waals surface area contributed by atoms with Crippen LogP contribution >= 0.6 is 0 Å². The number of aromatic amines is 1. The average molecular weight is 339 g/mol. The third kappa shape index (κ3) is 3.41. The number of para-hydroxylation sites is 1. The number of hydrogen-bond donors (Lipinski definition) is 1. The molecule has 1 aromatic carbocycles. The Kier molecular flexibility index (Phi) is 4.47. The first-order valence-corrected chi connectivity index (χ1v) is 9.22. The number of rotatable bonds is 3. The van der Waals surface area contributed by atoms with Crippen LogP contribution in [0.15, 0.2) is 30.3 Å². The first-order chi connectivity index (χ1) is 12.2. The van der Waals surface area contributed by atoms with Gasteiger partial charge in [0.15, 0.2) is 0 Å². The molecular weight excluding hydrogens is 314 g/mol. The summed E-state index contributed by atoms with van der Waals surface area (Å²) >= 11 is 0. The number of amides is 1. The number of nitrogens with zero attached hydrogens (tertiary/aromatic N) is 2. The molecule has 0 bridgehead atoms. The highest BCUT2D eigenvalue weighted by Crippen LogP contribution is 2.36. The second-order valence-corrected chi connectivity index (χ2v) is 7.23. The Bertz CT molecular complexity index is 755. The van der Waals surface area contributed by atoms with Crippen LogP contribution in [0.5, 0.6) is 5.75 Å². The van der Waals surface area contributed by atoms with Gasteiger partial charge in [0.25, 0.3) is 0 Å². The summed E-state index contributed by atoms with van der Waals surface area (Å²) in [5, 5.41) is 7.42. The maximum absolute atomic E-state index is 12.9. The molecule has 25 heavy (non-hydrogen) atoms. The topological polar surface area (TPSA) is 58.2 Å². The van der Waals surface area contributed by atoms with Gasteiger partial charge in [0, 0.05) is 31.1 Å². The van der Waals surface area contributed by atoms with Gasteiger partial charge < -0.3 is 9.64 Å². The first-order valence-electron chi connectivity index (χ1n) is 9.22. The summed E-state index contributed by atoms with van der Waals surface area (Å²) in [6, 6.07) is 10.2. The SMILES string of the molecule is Cc1cc([C@@H]2CCCN(C(=O)C[C@H]3CCOc4ccccc43)C2)n[nH]1. The number of fused-ring (bicyclic) bond motifs is 1. The molecule has 1 amide bonds. The van der Waals surface area contributed by atoms with Gasteiger partial charge in [0.05, 0.1) is 12.3 Å². The van der Waals surface area contributed by atoms with Gasteiger partial charge in [-0.25, -0.2) is 0 Å². The van der Waals surface area contributed by atoms with Crippen LogP contribution in [0.25, 0.3) is 0 Å². The highest BCUT2D eigenvalue weighted by molar-refractivity contribution is 5.77. The summed E-state index contributed by atoms with van der Waals surface area (Å²) in [6.45, 7) is 4.37. The Balaban J connectivity index is 1.43. The van der Waals surface area contributed by atoms with E-state index in [4.69, 9.17) is 4.74 Å². The fraction of sp³-hybridized carbons (Fsp3) is 0.500. The summed E-state index contributed by atoms with van der Waals surface area (Å²) in [6.07, 6.45) is 3.64. The number of likely N-dealkylation sites (tertiary alicyclic amines) is 1. The highest BCUT2D eigenvalue weighted by Gasteiger charge is 2.29. The van der Waals surface area contributed by atoms with Gasteiger partial charge in [-0.05, 0) is 49.8 Å². The summed E-state index contributed by atoms with van der Waals surface area (Å²) in [7, 11) is 0. The van der Waals surface area contributed by atoms with E-state index in [1.165, 1.54) is 5.56 Å². The average Bonchev–Trinajstić information content (AvgIpc) is 3.09. The molecular formula is C20H25N3O2. The Morgan fingerprint density at radius 1 is 1.36 bits per heavy atom. The molecule has 5 heteroatoms. The molecule has 0 spiro atoms. The third-order valence-corrected chi connectivity index (χ3v) is 5.42. The van der Waals surface area contributed by atoms with Gasteiger partial charge in [-0.15, -0.1) is 0 Å². The highest BCUT2D eigenvalue weighted by atomic mass is 16.5. The van der Waals surface area contributed by atoms with Crippen molar-refractivity contribution in [2.75, 3.05) is 19.7 Å². The number of aromatic nitrogens is 2. The number of H-pyrrole nitrogens is 1. The predicted molar refractivity (Wildman–Crippen MR) is 95.8 cm³/mol. The lowest BCUT2D eigenvalue weighted by Gasteiger charge is -2.34. The number of benzene rings is 1. The van der Waals surface area contributed by atoms with Gasteiger partial charge in [-0.1, -0.05) is 18.2 Å². The fourth-order valence-corrected chi connectivity index (χ4v) is 4.06. The maximum Gasteiger partial charge on any atom is 0.223 e. The van der Waals surface area contributed by atoms with E-state index in [-0.39, 0.29) is 11.8 Å². The zero-order valence-corrected chi connectivity index (χ0v) is 14.7. The van der Waals surface area contributed by atoms with E-state index in [1.807, 2.05) is 30.0 Å². The summed E-state index contributed by atoms with van der Waals surface area (Å²) in [5.74, 6) is 1.82. The quantitative estimate of drug-likeness (QED) is 0.932. The van der Waals surface area contributed by atoms with Crippen molar-refractivity contribution in [2.24, 2.45) is 0 Å². The Labute approximate surface area is 148 Å². The van der Waals surface area contributed by atoms with Crippen molar-refractivity contribution in [2.45, 2.75) is 44.4 Å². The Hall–Kier alpha value is -2.30. The number of nitrogens with one attached hydrogen (secondary N) is 1. The normalized spacial score (nSPS) is 23.0. The van der Waals surface area contributed by atoms with Crippen LogP contribution in [-0.2, 0) is 4.79 Å². The molecule has 0 unspecified atom stereocenters. The second-order valence-electron chi connectivity index (χ2n) is 7.23. The molecule has 0 aliphatic carbocycles. The van der Waals surface area contributed by atoms with Crippen molar-refractivity contribution in [1.29, 1.82) is 0 Å². The summed E-state index contributed by atoms with van der Waals surface area (Å²) in [4.78, 5) is 15.0. The zero-order chi connectivity index (χ0) is 17.2. The molecule has 1 saturated heterocycles. The van der Waals surface area contributed by atoms with Gasteiger partial charge >= 0.3 is 0 Å². The van der Waals surface area contributed by atoms with Crippen molar-refractivity contribution < 1.29 is 9.53 Å². The molecule has 2 aromatic rings. The zero-order valence-electron chi connectivity index (χ0n) is 14.7. The summed E-state index contributed by atoms with van der Waals surface area (Å²) in [5.41, 5.74) is 3.35. The second kappa shape index (κ2) is 6.90. The smallest absolute Gasteiger partial charge is 0.223 e. The van der Waals surface area contributed by atoms with Crippen LogP contribution in [-0.4, -0.2) is 40.7 Å². The van der Waals surface area contributed by atoms with Crippen molar-refractivity contribution in [3.05, 3.63) is 47.3 Å². The molecule has 132 valence electrons. The fourth-order valence-electron chi connectivity index (χ4n) is 4.06. The molecule has 1 N–H and O–H groups in total. The molecule has 1 aromatic heterocycles. The number of carbonyl (C=O) groups is 1. The van der Waals surface area contributed by atoms with Gasteiger partial charge in [0.1, 0.15) is 5.75 Å².